The van der Waals surface area contributed by atoms with Crippen molar-refractivity contribution in [1.29, 1.82) is 0 Å². The van der Waals surface area contributed by atoms with E-state index >= 15 is 0 Å². The molecule has 1 saturated heterocycles. The van der Waals surface area contributed by atoms with Gasteiger partial charge in [-0.15, -0.1) is 0 Å². The first-order chi connectivity index (χ1) is 17.3. The van der Waals surface area contributed by atoms with E-state index in [-0.39, 0.29) is 18.9 Å². The highest BCUT2D eigenvalue weighted by Gasteiger charge is 2.38. The van der Waals surface area contributed by atoms with Crippen molar-refractivity contribution >= 4 is 11.9 Å². The Hall–Kier alpha value is -3.26. The van der Waals surface area contributed by atoms with Crippen LogP contribution in [0, 0.1) is 5.92 Å². The molecule has 2 aromatic heterocycles. The number of halogens is 6. The summed E-state index contributed by atoms with van der Waals surface area (Å²) in [4.78, 5) is 30.9. The Balaban J connectivity index is 0.000000604. The number of aliphatic carboxylic acids is 1. The van der Waals surface area contributed by atoms with Crippen LogP contribution in [-0.2, 0) is 22.2 Å². The van der Waals surface area contributed by atoms with Gasteiger partial charge in [-0.05, 0) is 49.5 Å². The van der Waals surface area contributed by atoms with Gasteiger partial charge in [0.2, 0.25) is 5.91 Å². The summed E-state index contributed by atoms with van der Waals surface area (Å²) in [6.07, 6.45) is -4.48. The summed E-state index contributed by atoms with van der Waals surface area (Å²) in [5.74, 6) is -2.70. The number of aliphatic hydroxyl groups is 1. The third-order valence-electron chi connectivity index (χ3n) is 5.47. The molecule has 0 spiro atoms. The number of piperidine rings is 1. The zero-order valence-electron chi connectivity index (χ0n) is 19.5. The fraction of sp³-hybridized carbons (Fsp3) is 0.478. The first-order valence-electron chi connectivity index (χ1n) is 11.2. The van der Waals surface area contributed by atoms with Gasteiger partial charge in [0.1, 0.15) is 5.69 Å². The van der Waals surface area contributed by atoms with Crippen molar-refractivity contribution in [2.45, 2.75) is 37.7 Å². The topological polar surface area (TPSA) is 116 Å². The molecule has 0 saturated carbocycles. The molecule has 3 heterocycles. The van der Waals surface area contributed by atoms with E-state index in [0.29, 0.717) is 23.6 Å². The molecule has 1 fully saturated rings. The third-order valence-corrected chi connectivity index (χ3v) is 5.47. The highest BCUT2D eigenvalue weighted by Crippen LogP contribution is 2.27. The second-order valence-electron chi connectivity index (χ2n) is 8.32. The number of hydrogen-bond donors (Lipinski definition) is 3. The second kappa shape index (κ2) is 13.3. The van der Waals surface area contributed by atoms with Crippen molar-refractivity contribution < 1.29 is 46.1 Å². The van der Waals surface area contributed by atoms with Gasteiger partial charge in [0.25, 0.3) is 0 Å². The first-order valence-corrected chi connectivity index (χ1v) is 11.2. The summed E-state index contributed by atoms with van der Waals surface area (Å²) in [5, 5.41) is 21.0. The third kappa shape index (κ3) is 10.3. The summed E-state index contributed by atoms with van der Waals surface area (Å²) >= 11 is 0. The predicted octanol–water partition coefficient (Wildman–Crippen LogP) is 3.23. The smallest absolute Gasteiger partial charge is 0.475 e. The number of carbonyl (C=O) groups is 2. The van der Waals surface area contributed by atoms with Crippen LogP contribution in [-0.4, -0.2) is 69.3 Å². The Morgan fingerprint density at radius 3 is 2.22 bits per heavy atom. The minimum atomic E-state index is -5.08. The van der Waals surface area contributed by atoms with Crippen LogP contribution in [0.4, 0.5) is 26.3 Å². The molecule has 204 valence electrons. The number of amides is 1. The van der Waals surface area contributed by atoms with E-state index in [1.807, 2.05) is 0 Å². The minimum Gasteiger partial charge on any atom is -0.475 e. The van der Waals surface area contributed by atoms with Gasteiger partial charge in [-0.2, -0.15) is 26.3 Å². The van der Waals surface area contributed by atoms with Crippen molar-refractivity contribution in [2.24, 2.45) is 5.92 Å². The highest BCUT2D eigenvalue weighted by atomic mass is 19.4. The Morgan fingerprint density at radius 2 is 1.73 bits per heavy atom. The van der Waals surface area contributed by atoms with Crippen LogP contribution >= 0.6 is 0 Å². The summed E-state index contributed by atoms with van der Waals surface area (Å²) in [7, 11) is 0. The number of hydrogen-bond acceptors (Lipinski definition) is 6. The molecular weight excluding hydrogens is 510 g/mol. The summed E-state index contributed by atoms with van der Waals surface area (Å²) in [5.41, 5.74) is 0.0215. The van der Waals surface area contributed by atoms with Crippen LogP contribution in [0.15, 0.2) is 42.9 Å². The lowest BCUT2D eigenvalue weighted by molar-refractivity contribution is -0.192. The van der Waals surface area contributed by atoms with Crippen LogP contribution in [0.25, 0.3) is 0 Å². The van der Waals surface area contributed by atoms with E-state index in [0.717, 1.165) is 38.2 Å². The molecule has 0 radical (unpaired) electrons. The average molecular weight is 536 g/mol. The van der Waals surface area contributed by atoms with Gasteiger partial charge in [0.15, 0.2) is 0 Å². The number of pyridine rings is 2. The van der Waals surface area contributed by atoms with E-state index in [1.54, 1.807) is 29.4 Å². The number of nitrogens with one attached hydrogen (secondary N) is 1. The number of carboxylic acid groups (broad SMARTS) is 1. The Labute approximate surface area is 208 Å². The van der Waals surface area contributed by atoms with Crippen molar-refractivity contribution in [3.8, 4) is 0 Å². The zero-order valence-corrected chi connectivity index (χ0v) is 19.5. The average Bonchev–Trinajstić information content (AvgIpc) is 2.84. The van der Waals surface area contributed by atoms with E-state index in [9.17, 15) is 36.2 Å². The summed E-state index contributed by atoms with van der Waals surface area (Å²) in [6, 6.07) is 5.61. The molecule has 37 heavy (non-hydrogen) atoms. The molecule has 8 nitrogen and oxygen atoms in total. The van der Waals surface area contributed by atoms with E-state index in [1.165, 1.54) is 6.07 Å². The van der Waals surface area contributed by atoms with Crippen LogP contribution in [0.5, 0.6) is 0 Å². The lowest BCUT2D eigenvalue weighted by Crippen LogP contribution is -2.42. The lowest BCUT2D eigenvalue weighted by Gasteiger charge is -2.31. The standard InChI is InChI=1S/C21H25F3N4O2.C2HF3O2/c22-21(23,24)19-4-3-16(11-27-19)10-20(30)28(13-15-5-8-25-9-6-15)14-18(29)17-2-1-7-26-12-17;3-2(4,5)1(6)7/h1-4,7,11-12,15,18,25,29H,5-6,8-10,13-14H2;(H,6,7)/t18-;/m1./s1. The fourth-order valence-corrected chi connectivity index (χ4v) is 3.52. The number of carbonyl (C=O) groups excluding carboxylic acids is 1. The Morgan fingerprint density at radius 1 is 1.08 bits per heavy atom. The summed E-state index contributed by atoms with van der Waals surface area (Å²) < 4.78 is 69.8. The molecule has 1 amide bonds. The molecule has 3 rings (SSSR count). The largest absolute Gasteiger partial charge is 0.490 e. The minimum absolute atomic E-state index is 0.0735. The SMILES string of the molecule is O=C(Cc1ccc(C(F)(F)F)nc1)N(CC1CCNCC1)C[C@@H](O)c1cccnc1.O=C(O)C(F)(F)F. The van der Waals surface area contributed by atoms with Crippen LogP contribution in [0.3, 0.4) is 0 Å². The molecule has 3 N–H and O–H groups in total. The van der Waals surface area contributed by atoms with Gasteiger partial charge < -0.3 is 20.4 Å². The molecular formula is C23H26F6N4O4. The van der Waals surface area contributed by atoms with E-state index in [2.05, 4.69) is 15.3 Å². The molecule has 0 aliphatic carbocycles. The van der Waals surface area contributed by atoms with Gasteiger partial charge in [-0.3, -0.25) is 14.8 Å². The molecule has 1 aliphatic heterocycles. The molecule has 14 heteroatoms. The number of alkyl halides is 6. The molecule has 0 bridgehead atoms. The quantitative estimate of drug-likeness (QED) is 0.466. The van der Waals surface area contributed by atoms with Crippen molar-refractivity contribution in [1.82, 2.24) is 20.2 Å². The molecule has 1 aliphatic rings. The van der Waals surface area contributed by atoms with E-state index in [4.69, 9.17) is 9.90 Å². The number of aromatic nitrogens is 2. The van der Waals surface area contributed by atoms with Gasteiger partial charge in [0.05, 0.1) is 19.1 Å². The van der Waals surface area contributed by atoms with Crippen LogP contribution in [0.1, 0.15) is 35.8 Å². The molecule has 0 aromatic carbocycles. The molecule has 1 atom stereocenters. The van der Waals surface area contributed by atoms with Gasteiger partial charge >= 0.3 is 18.3 Å². The Kier molecular flexibility index (Phi) is 10.8. The Bertz CT molecular complexity index is 997. The molecule has 0 unspecified atom stereocenters. The summed E-state index contributed by atoms with van der Waals surface area (Å²) in [6.45, 7) is 2.34. The molecule has 2 aromatic rings. The predicted molar refractivity (Wildman–Crippen MR) is 118 cm³/mol. The van der Waals surface area contributed by atoms with Crippen LogP contribution < -0.4 is 5.32 Å². The maximum atomic E-state index is 13.0. The maximum absolute atomic E-state index is 13.0. The number of carboxylic acids is 1. The van der Waals surface area contributed by atoms with Crippen molar-refractivity contribution in [3.05, 3.63) is 59.7 Å². The second-order valence-corrected chi connectivity index (χ2v) is 8.32. The van der Waals surface area contributed by atoms with Gasteiger partial charge in [-0.25, -0.2) is 4.79 Å². The number of aliphatic hydroxyl groups excluding tert-OH is 1. The highest BCUT2D eigenvalue weighted by molar-refractivity contribution is 5.78. The van der Waals surface area contributed by atoms with E-state index < -0.39 is 30.1 Å². The van der Waals surface area contributed by atoms with Crippen LogP contribution in [0.2, 0.25) is 0 Å². The normalized spacial score (nSPS) is 15.3. The van der Waals surface area contributed by atoms with Gasteiger partial charge in [-0.1, -0.05) is 12.1 Å². The number of rotatable bonds is 7. The van der Waals surface area contributed by atoms with Crippen molar-refractivity contribution in [3.63, 3.8) is 0 Å². The zero-order chi connectivity index (χ0) is 27.6. The monoisotopic (exact) mass is 536 g/mol. The first kappa shape index (κ1) is 30.0. The van der Waals surface area contributed by atoms with Gasteiger partial charge in [0, 0.05) is 30.7 Å². The lowest BCUT2D eigenvalue weighted by atomic mass is 9.97. The van der Waals surface area contributed by atoms with Crippen molar-refractivity contribution in [2.75, 3.05) is 26.2 Å². The maximum Gasteiger partial charge on any atom is 0.490 e. The fourth-order valence-electron chi connectivity index (χ4n) is 3.52. The number of nitrogens with zero attached hydrogens (tertiary/aromatic N) is 3.